The van der Waals surface area contributed by atoms with Crippen molar-refractivity contribution in [2.75, 3.05) is 12.8 Å². The molecule has 0 spiro atoms. The van der Waals surface area contributed by atoms with Crippen LogP contribution in [0.4, 0.5) is 5.69 Å². The van der Waals surface area contributed by atoms with E-state index in [1.807, 2.05) is 0 Å². The molecule has 0 radical (unpaired) electrons. The van der Waals surface area contributed by atoms with Gasteiger partial charge in [0.2, 0.25) is 0 Å². The summed E-state index contributed by atoms with van der Waals surface area (Å²) >= 11 is 17.7. The van der Waals surface area contributed by atoms with Crippen LogP contribution in [0.1, 0.15) is 15.9 Å². The molecule has 0 fully saturated rings. The SMILES string of the molecule is COc1cc(/C=C/C(=O)c2cc(Cl)c(N)c(Cl)c2)cc(Cl)c1O. The molecule has 23 heavy (non-hydrogen) atoms. The van der Waals surface area contributed by atoms with Gasteiger partial charge in [-0.25, -0.2) is 0 Å². The van der Waals surface area contributed by atoms with Gasteiger partial charge in [0.1, 0.15) is 0 Å². The van der Waals surface area contributed by atoms with Crippen LogP contribution in [0.3, 0.4) is 0 Å². The van der Waals surface area contributed by atoms with Crippen molar-refractivity contribution < 1.29 is 14.6 Å². The Hall–Kier alpha value is -1.88. The Labute approximate surface area is 148 Å². The van der Waals surface area contributed by atoms with E-state index in [1.54, 1.807) is 6.07 Å². The van der Waals surface area contributed by atoms with Crippen molar-refractivity contribution in [3.63, 3.8) is 0 Å². The number of ether oxygens (including phenoxy) is 1. The lowest BCUT2D eigenvalue weighted by Crippen LogP contribution is -1.97. The minimum absolute atomic E-state index is 0.120. The molecule has 0 unspecified atom stereocenters. The number of hydrogen-bond acceptors (Lipinski definition) is 4. The standard InChI is InChI=1S/C16H12Cl3NO3/c1-23-14-5-8(4-12(19)16(14)22)2-3-13(21)9-6-10(17)15(20)11(18)7-9/h2-7,22H,20H2,1H3/b3-2+. The van der Waals surface area contributed by atoms with Crippen molar-refractivity contribution in [2.24, 2.45) is 0 Å². The average molecular weight is 373 g/mol. The molecular formula is C16H12Cl3NO3. The second-order valence-corrected chi connectivity index (χ2v) is 5.83. The summed E-state index contributed by atoms with van der Waals surface area (Å²) in [5.74, 6) is -0.255. The highest BCUT2D eigenvalue weighted by Crippen LogP contribution is 2.35. The van der Waals surface area contributed by atoms with Crippen LogP contribution in [-0.4, -0.2) is 18.0 Å². The van der Waals surface area contributed by atoms with Gasteiger partial charge in [-0.2, -0.15) is 0 Å². The quantitative estimate of drug-likeness (QED) is 0.457. The second kappa shape index (κ2) is 7.13. The third-order valence-corrected chi connectivity index (χ3v) is 3.97. The van der Waals surface area contributed by atoms with Gasteiger partial charge in [0.15, 0.2) is 17.3 Å². The minimum atomic E-state index is -0.308. The summed E-state index contributed by atoms with van der Waals surface area (Å²) in [6.45, 7) is 0. The van der Waals surface area contributed by atoms with Gasteiger partial charge in [0.05, 0.1) is 27.9 Å². The van der Waals surface area contributed by atoms with E-state index in [0.717, 1.165) is 0 Å². The molecule has 0 amide bonds. The fourth-order valence-electron chi connectivity index (χ4n) is 1.84. The zero-order chi connectivity index (χ0) is 17.1. The number of halogens is 3. The maximum Gasteiger partial charge on any atom is 0.185 e. The monoisotopic (exact) mass is 371 g/mol. The number of nitrogens with two attached hydrogens (primary N) is 1. The zero-order valence-electron chi connectivity index (χ0n) is 11.9. The van der Waals surface area contributed by atoms with Crippen LogP contribution in [0.2, 0.25) is 15.1 Å². The minimum Gasteiger partial charge on any atom is -0.503 e. The molecule has 0 heterocycles. The predicted molar refractivity (Wildman–Crippen MR) is 93.9 cm³/mol. The Kier molecular flexibility index (Phi) is 5.42. The Morgan fingerprint density at radius 2 is 1.74 bits per heavy atom. The molecule has 2 aromatic rings. The highest BCUT2D eigenvalue weighted by molar-refractivity contribution is 6.39. The summed E-state index contributed by atoms with van der Waals surface area (Å²) in [5.41, 5.74) is 6.76. The molecule has 2 rings (SSSR count). The van der Waals surface area contributed by atoms with Crippen LogP contribution >= 0.6 is 34.8 Å². The summed E-state index contributed by atoms with van der Waals surface area (Å²) in [6, 6.07) is 5.94. The molecule has 3 N–H and O–H groups in total. The van der Waals surface area contributed by atoms with Crippen molar-refractivity contribution in [3.05, 3.63) is 56.5 Å². The largest absolute Gasteiger partial charge is 0.503 e. The smallest absolute Gasteiger partial charge is 0.185 e. The van der Waals surface area contributed by atoms with Gasteiger partial charge in [-0.3, -0.25) is 4.79 Å². The van der Waals surface area contributed by atoms with Gasteiger partial charge < -0.3 is 15.6 Å². The number of carbonyl (C=O) groups is 1. The van der Waals surface area contributed by atoms with Gasteiger partial charge in [0.25, 0.3) is 0 Å². The lowest BCUT2D eigenvalue weighted by Gasteiger charge is -2.06. The first kappa shape index (κ1) is 17.5. The number of nitrogen functional groups attached to an aromatic ring is 1. The molecule has 2 aromatic carbocycles. The van der Waals surface area contributed by atoms with Crippen LogP contribution in [0, 0.1) is 0 Å². The number of phenols is 1. The first-order valence-corrected chi connectivity index (χ1v) is 7.50. The Morgan fingerprint density at radius 1 is 1.13 bits per heavy atom. The maximum atomic E-state index is 12.2. The number of anilines is 1. The highest BCUT2D eigenvalue weighted by Gasteiger charge is 2.10. The third-order valence-electron chi connectivity index (χ3n) is 3.06. The summed E-state index contributed by atoms with van der Waals surface area (Å²) in [6.07, 6.45) is 2.87. The van der Waals surface area contributed by atoms with E-state index in [0.29, 0.717) is 11.1 Å². The lowest BCUT2D eigenvalue weighted by molar-refractivity contribution is 0.104. The molecule has 0 bridgehead atoms. The number of hydrogen-bond donors (Lipinski definition) is 2. The zero-order valence-corrected chi connectivity index (χ0v) is 14.2. The van der Waals surface area contributed by atoms with Crippen LogP contribution in [0.15, 0.2) is 30.3 Å². The topological polar surface area (TPSA) is 72.5 Å². The molecule has 0 aliphatic heterocycles. The highest BCUT2D eigenvalue weighted by atomic mass is 35.5. The van der Waals surface area contributed by atoms with E-state index in [2.05, 4.69) is 0 Å². The number of methoxy groups -OCH3 is 1. The van der Waals surface area contributed by atoms with E-state index < -0.39 is 0 Å². The van der Waals surface area contributed by atoms with Crippen LogP contribution in [0.25, 0.3) is 6.08 Å². The van der Waals surface area contributed by atoms with Crippen LogP contribution in [-0.2, 0) is 0 Å². The maximum absolute atomic E-state index is 12.2. The number of phenolic OH excluding ortho intramolecular Hbond substituents is 1. The number of ketones is 1. The summed E-state index contributed by atoms with van der Waals surface area (Å²) in [4.78, 5) is 12.2. The molecule has 0 saturated heterocycles. The number of benzene rings is 2. The van der Waals surface area contributed by atoms with E-state index in [-0.39, 0.29) is 38.0 Å². The predicted octanol–water partition coefficient (Wildman–Crippen LogP) is 4.84. The molecule has 0 aliphatic carbocycles. The summed E-state index contributed by atoms with van der Waals surface area (Å²) in [5, 5.41) is 10.2. The van der Waals surface area contributed by atoms with Crippen molar-refractivity contribution in [1.29, 1.82) is 0 Å². The molecule has 0 atom stereocenters. The number of allylic oxidation sites excluding steroid dienone is 1. The molecule has 4 nitrogen and oxygen atoms in total. The Bertz CT molecular complexity index is 780. The number of rotatable bonds is 4. The number of carbonyl (C=O) groups excluding carboxylic acids is 1. The first-order chi connectivity index (χ1) is 10.8. The Morgan fingerprint density at radius 3 is 2.30 bits per heavy atom. The van der Waals surface area contributed by atoms with Gasteiger partial charge in [-0.15, -0.1) is 0 Å². The van der Waals surface area contributed by atoms with E-state index in [1.165, 1.54) is 37.5 Å². The fraction of sp³-hybridized carbons (Fsp3) is 0.0625. The van der Waals surface area contributed by atoms with Gasteiger partial charge in [-0.1, -0.05) is 40.9 Å². The van der Waals surface area contributed by atoms with Crippen molar-refractivity contribution in [2.45, 2.75) is 0 Å². The molecule has 0 aliphatic rings. The van der Waals surface area contributed by atoms with Crippen molar-refractivity contribution in [1.82, 2.24) is 0 Å². The summed E-state index contributed by atoms with van der Waals surface area (Å²) in [7, 11) is 1.41. The van der Waals surface area contributed by atoms with E-state index >= 15 is 0 Å². The Balaban J connectivity index is 2.30. The molecule has 0 aromatic heterocycles. The third kappa shape index (κ3) is 3.91. The molecule has 0 saturated carbocycles. The fourth-order valence-corrected chi connectivity index (χ4v) is 2.55. The lowest BCUT2D eigenvalue weighted by atomic mass is 10.1. The van der Waals surface area contributed by atoms with Gasteiger partial charge in [0, 0.05) is 5.56 Å². The normalized spacial score (nSPS) is 11.0. The van der Waals surface area contributed by atoms with Crippen LogP contribution < -0.4 is 10.5 Å². The molecule has 120 valence electrons. The molecular weight excluding hydrogens is 361 g/mol. The van der Waals surface area contributed by atoms with E-state index in [4.69, 9.17) is 45.3 Å². The van der Waals surface area contributed by atoms with Gasteiger partial charge >= 0.3 is 0 Å². The van der Waals surface area contributed by atoms with Gasteiger partial charge in [-0.05, 0) is 35.9 Å². The second-order valence-electron chi connectivity index (χ2n) is 4.60. The molecule has 7 heteroatoms. The van der Waals surface area contributed by atoms with Crippen molar-refractivity contribution in [3.8, 4) is 11.5 Å². The summed E-state index contributed by atoms with van der Waals surface area (Å²) < 4.78 is 5.00. The first-order valence-electron chi connectivity index (χ1n) is 6.37. The average Bonchev–Trinajstić information content (AvgIpc) is 2.52. The number of aromatic hydroxyl groups is 1. The van der Waals surface area contributed by atoms with E-state index in [9.17, 15) is 9.90 Å². The van der Waals surface area contributed by atoms with Crippen molar-refractivity contribution >= 4 is 52.3 Å². The van der Waals surface area contributed by atoms with Crippen LogP contribution in [0.5, 0.6) is 11.5 Å².